The highest BCUT2D eigenvalue weighted by Crippen LogP contribution is 2.33. The second kappa shape index (κ2) is 17.3. The van der Waals surface area contributed by atoms with Gasteiger partial charge in [0, 0.05) is 5.88 Å². The van der Waals surface area contributed by atoms with Crippen LogP contribution in [0.5, 0.6) is 0 Å². The van der Waals surface area contributed by atoms with E-state index in [1.807, 2.05) is 72.8 Å². The summed E-state index contributed by atoms with van der Waals surface area (Å²) in [6, 6.07) is 40.6. The van der Waals surface area contributed by atoms with Crippen LogP contribution in [0.2, 0.25) is 0 Å². The average Bonchev–Trinajstić information content (AvgIpc) is 3.08. The first kappa shape index (κ1) is 32.1. The van der Waals surface area contributed by atoms with Gasteiger partial charge in [-0.1, -0.05) is 133 Å². The molecule has 1 saturated heterocycles. The van der Waals surface area contributed by atoms with Gasteiger partial charge >= 0.3 is 0 Å². The van der Waals surface area contributed by atoms with Gasteiger partial charge in [-0.25, -0.2) is 0 Å². The predicted octanol–water partition coefficient (Wildman–Crippen LogP) is 7.91. The van der Waals surface area contributed by atoms with Crippen molar-refractivity contribution in [3.63, 3.8) is 0 Å². The first-order valence-electron chi connectivity index (χ1n) is 15.2. The number of hydrogen-bond acceptors (Lipinski definition) is 5. The van der Waals surface area contributed by atoms with Gasteiger partial charge in [0.15, 0.2) is 0 Å². The summed E-state index contributed by atoms with van der Waals surface area (Å²) in [5.74, 6) is 0.337. The van der Waals surface area contributed by atoms with Gasteiger partial charge in [-0.3, -0.25) is 0 Å². The van der Waals surface area contributed by atoms with Crippen LogP contribution in [0.25, 0.3) is 0 Å². The molecule has 0 spiro atoms. The zero-order valence-corrected chi connectivity index (χ0v) is 25.8. The lowest BCUT2D eigenvalue weighted by molar-refractivity contribution is -0.272. The first-order valence-corrected chi connectivity index (χ1v) is 15.7. The molecular weight excluding hydrogens is 572 g/mol. The molecule has 0 N–H and O–H groups in total. The fraction of sp³-hybridized carbons (Fsp3) is 0.316. The summed E-state index contributed by atoms with van der Waals surface area (Å²) in [6.07, 6.45) is -1.58. The second-order valence-electron chi connectivity index (χ2n) is 11.1. The molecule has 44 heavy (non-hydrogen) atoms. The van der Waals surface area contributed by atoms with E-state index in [2.05, 4.69) is 55.1 Å². The molecule has 230 valence electrons. The highest BCUT2D eigenvalue weighted by atomic mass is 35.5. The van der Waals surface area contributed by atoms with Crippen molar-refractivity contribution in [3.8, 4) is 0 Å². The molecule has 1 aliphatic heterocycles. The molecule has 1 aliphatic rings. The summed E-state index contributed by atoms with van der Waals surface area (Å²) in [5.41, 5.74) is 5.18. The molecule has 5 atom stereocenters. The summed E-state index contributed by atoms with van der Waals surface area (Å²) >= 11 is 6.23. The molecule has 0 amide bonds. The molecule has 0 bridgehead atoms. The third kappa shape index (κ3) is 9.60. The van der Waals surface area contributed by atoms with E-state index in [9.17, 15) is 0 Å². The van der Waals surface area contributed by atoms with E-state index < -0.39 is 24.4 Å². The van der Waals surface area contributed by atoms with Crippen LogP contribution >= 0.6 is 11.6 Å². The Morgan fingerprint density at radius 1 is 0.545 bits per heavy atom. The molecule has 0 saturated carbocycles. The number of rotatable bonds is 16. The zero-order chi connectivity index (χ0) is 30.4. The number of hydrogen-bond donors (Lipinski definition) is 0. The minimum absolute atomic E-state index is 0.328. The van der Waals surface area contributed by atoms with Crippen LogP contribution in [-0.4, -0.2) is 43.0 Å². The Hall–Kier alpha value is -3.29. The third-order valence-corrected chi connectivity index (χ3v) is 8.04. The molecule has 4 aromatic rings. The molecule has 1 fully saturated rings. The van der Waals surface area contributed by atoms with E-state index in [1.165, 1.54) is 0 Å². The van der Waals surface area contributed by atoms with Crippen molar-refractivity contribution < 1.29 is 23.7 Å². The largest absolute Gasteiger partial charge is 0.374 e. The molecule has 5 rings (SSSR count). The Kier molecular flexibility index (Phi) is 12.6. The molecule has 4 aromatic carbocycles. The Labute approximate surface area is 266 Å². The van der Waals surface area contributed by atoms with Crippen LogP contribution < -0.4 is 0 Å². The summed E-state index contributed by atoms with van der Waals surface area (Å²) < 4.78 is 33.2. The van der Waals surface area contributed by atoms with Gasteiger partial charge in [0.05, 0.1) is 39.1 Å². The van der Waals surface area contributed by atoms with Gasteiger partial charge in [-0.15, -0.1) is 11.6 Å². The standard InChI is InChI=1S/C38H41ClO5/c1-29(23-39)22-34-36(41-25-31-16-8-3-9-17-31)38(43-27-33-20-12-5-13-21-33)37(42-26-32-18-10-4-11-19-32)35(44-34)28-40-24-30-14-6-2-7-15-30/h2-21,34-38H,1,22-28H2/t34-,35-,36+,37-,38-/m1/s1. The summed E-state index contributed by atoms with van der Waals surface area (Å²) in [4.78, 5) is 0. The minimum atomic E-state index is -0.462. The summed E-state index contributed by atoms with van der Waals surface area (Å²) in [6.45, 7) is 6.20. The Morgan fingerprint density at radius 2 is 0.932 bits per heavy atom. The fourth-order valence-electron chi connectivity index (χ4n) is 5.39. The molecule has 1 heterocycles. The highest BCUT2D eigenvalue weighted by molar-refractivity contribution is 6.19. The zero-order valence-electron chi connectivity index (χ0n) is 25.0. The van der Waals surface area contributed by atoms with Crippen molar-refractivity contribution in [3.05, 3.63) is 156 Å². The van der Waals surface area contributed by atoms with Gasteiger partial charge in [0.2, 0.25) is 0 Å². The smallest absolute Gasteiger partial charge is 0.115 e. The van der Waals surface area contributed by atoms with Gasteiger partial charge in [-0.2, -0.15) is 0 Å². The van der Waals surface area contributed by atoms with Gasteiger partial charge in [-0.05, 0) is 28.7 Å². The quantitative estimate of drug-likeness (QED) is 0.0950. The summed E-state index contributed by atoms with van der Waals surface area (Å²) in [7, 11) is 0. The van der Waals surface area contributed by atoms with Crippen molar-refractivity contribution in [2.24, 2.45) is 0 Å². The van der Waals surface area contributed by atoms with E-state index in [-0.39, 0.29) is 6.10 Å². The Balaban J connectivity index is 1.43. The number of ether oxygens (including phenoxy) is 5. The molecule has 0 unspecified atom stereocenters. The Bertz CT molecular complexity index is 1370. The normalized spacial score (nSPS) is 21.6. The SMILES string of the molecule is C=C(CCl)C[C@H]1O[C@H](COCc2ccccc2)[C@@H](OCc2ccccc2)[C@H](OCc2ccccc2)[C@H]1OCc1ccccc1. The number of alkyl halides is 1. The molecule has 0 aromatic heterocycles. The summed E-state index contributed by atoms with van der Waals surface area (Å²) in [5, 5.41) is 0. The van der Waals surface area contributed by atoms with E-state index in [4.69, 9.17) is 35.3 Å². The monoisotopic (exact) mass is 612 g/mol. The average molecular weight is 613 g/mol. The van der Waals surface area contributed by atoms with Gasteiger partial charge in [0.1, 0.15) is 24.4 Å². The molecule has 0 radical (unpaired) electrons. The number of benzene rings is 4. The maximum absolute atomic E-state index is 6.81. The lowest BCUT2D eigenvalue weighted by Gasteiger charge is -2.46. The lowest BCUT2D eigenvalue weighted by atomic mass is 9.91. The lowest BCUT2D eigenvalue weighted by Crippen LogP contribution is -2.61. The Morgan fingerprint density at radius 3 is 1.36 bits per heavy atom. The third-order valence-electron chi connectivity index (χ3n) is 7.66. The van der Waals surface area contributed by atoms with Crippen LogP contribution in [-0.2, 0) is 50.1 Å². The minimum Gasteiger partial charge on any atom is -0.374 e. The van der Waals surface area contributed by atoms with Crippen LogP contribution in [0.15, 0.2) is 133 Å². The van der Waals surface area contributed by atoms with Crippen molar-refractivity contribution in [2.45, 2.75) is 63.4 Å². The molecule has 6 heteroatoms. The maximum Gasteiger partial charge on any atom is 0.115 e. The van der Waals surface area contributed by atoms with Crippen molar-refractivity contribution in [1.82, 2.24) is 0 Å². The molecule has 5 nitrogen and oxygen atoms in total. The topological polar surface area (TPSA) is 46.2 Å². The van der Waals surface area contributed by atoms with E-state index in [1.54, 1.807) is 0 Å². The maximum atomic E-state index is 6.81. The van der Waals surface area contributed by atoms with Gasteiger partial charge < -0.3 is 23.7 Å². The molecule has 0 aliphatic carbocycles. The van der Waals surface area contributed by atoms with E-state index in [0.717, 1.165) is 27.8 Å². The van der Waals surface area contributed by atoms with Crippen molar-refractivity contribution in [1.29, 1.82) is 0 Å². The van der Waals surface area contributed by atoms with Crippen LogP contribution in [0.3, 0.4) is 0 Å². The molecular formula is C38H41ClO5. The second-order valence-corrected chi connectivity index (χ2v) is 11.4. The number of halogens is 1. The van der Waals surface area contributed by atoms with Gasteiger partial charge in [0.25, 0.3) is 0 Å². The van der Waals surface area contributed by atoms with Crippen LogP contribution in [0, 0.1) is 0 Å². The van der Waals surface area contributed by atoms with E-state index >= 15 is 0 Å². The van der Waals surface area contributed by atoms with Crippen molar-refractivity contribution in [2.75, 3.05) is 12.5 Å². The van der Waals surface area contributed by atoms with Crippen LogP contribution in [0.1, 0.15) is 28.7 Å². The highest BCUT2D eigenvalue weighted by Gasteiger charge is 2.48. The fourth-order valence-corrected chi connectivity index (χ4v) is 5.50. The van der Waals surface area contributed by atoms with Crippen LogP contribution in [0.4, 0.5) is 0 Å². The first-order chi connectivity index (χ1) is 21.7. The van der Waals surface area contributed by atoms with E-state index in [0.29, 0.717) is 45.3 Å². The van der Waals surface area contributed by atoms with Crippen molar-refractivity contribution >= 4 is 11.6 Å². The predicted molar refractivity (Wildman–Crippen MR) is 174 cm³/mol.